The van der Waals surface area contributed by atoms with Crippen LogP contribution >= 0.6 is 0 Å². The van der Waals surface area contributed by atoms with Crippen molar-refractivity contribution in [2.75, 3.05) is 23.3 Å². The summed E-state index contributed by atoms with van der Waals surface area (Å²) in [7, 11) is 1.83. The number of benzene rings is 1. The molecule has 1 aromatic carbocycles. The Balaban J connectivity index is 1.63. The molecule has 0 spiro atoms. The first-order chi connectivity index (χ1) is 14.3. The minimum atomic E-state index is -0.236. The maximum atomic E-state index is 13.3. The molecule has 0 aliphatic carbocycles. The summed E-state index contributed by atoms with van der Waals surface area (Å²) in [6.07, 6.45) is 1.44. The zero-order valence-electron chi connectivity index (χ0n) is 17.5. The van der Waals surface area contributed by atoms with Gasteiger partial charge in [0.05, 0.1) is 28.0 Å². The Morgan fingerprint density at radius 3 is 2.57 bits per heavy atom. The molecule has 2 aromatic heterocycles. The number of hydrogen-bond donors (Lipinski definition) is 2. The number of aryl methyl sites for hydroxylation is 3. The average molecular weight is 406 g/mol. The van der Waals surface area contributed by atoms with Crippen molar-refractivity contribution in [3.63, 3.8) is 0 Å². The second kappa shape index (κ2) is 7.78. The van der Waals surface area contributed by atoms with Gasteiger partial charge in [0.15, 0.2) is 5.65 Å². The maximum Gasteiger partial charge on any atom is 0.256 e. The predicted molar refractivity (Wildman–Crippen MR) is 117 cm³/mol. The van der Waals surface area contributed by atoms with Crippen LogP contribution in [0.3, 0.4) is 0 Å². The molecular weight excluding hydrogens is 380 g/mol. The second-order valence-electron chi connectivity index (χ2n) is 7.85. The van der Waals surface area contributed by atoms with Crippen molar-refractivity contribution in [1.29, 1.82) is 0 Å². The largest absolute Gasteiger partial charge is 0.370 e. The van der Waals surface area contributed by atoms with Gasteiger partial charge < -0.3 is 16.0 Å². The normalized spacial score (nSPS) is 14.8. The van der Waals surface area contributed by atoms with Gasteiger partial charge in [0.2, 0.25) is 5.91 Å². The summed E-state index contributed by atoms with van der Waals surface area (Å²) in [6.45, 7) is 5.20. The van der Waals surface area contributed by atoms with Gasteiger partial charge in [0, 0.05) is 31.7 Å². The number of nitrogens with one attached hydrogen (secondary N) is 1. The molecule has 4 rings (SSSR count). The lowest BCUT2D eigenvalue weighted by molar-refractivity contribution is -0.122. The topological polar surface area (TPSA) is 106 Å². The molecule has 0 bridgehead atoms. The highest BCUT2D eigenvalue weighted by atomic mass is 16.2. The lowest BCUT2D eigenvalue weighted by Gasteiger charge is -2.33. The molecule has 2 amide bonds. The number of piperidine rings is 1. The number of pyridine rings is 1. The Bertz CT molecular complexity index is 1130. The molecule has 1 aliphatic rings. The van der Waals surface area contributed by atoms with Gasteiger partial charge in [-0.1, -0.05) is 12.1 Å². The van der Waals surface area contributed by atoms with Crippen molar-refractivity contribution in [3.8, 4) is 0 Å². The van der Waals surface area contributed by atoms with Gasteiger partial charge in [0.1, 0.15) is 0 Å². The molecule has 1 saturated heterocycles. The minimum Gasteiger partial charge on any atom is -0.370 e. The highest BCUT2D eigenvalue weighted by Gasteiger charge is 2.25. The molecule has 30 heavy (non-hydrogen) atoms. The van der Waals surface area contributed by atoms with E-state index in [9.17, 15) is 9.59 Å². The van der Waals surface area contributed by atoms with Crippen LogP contribution < -0.4 is 16.0 Å². The third-order valence-electron chi connectivity index (χ3n) is 5.73. The molecule has 156 valence electrons. The van der Waals surface area contributed by atoms with Crippen LogP contribution in [0.2, 0.25) is 0 Å². The number of para-hydroxylation sites is 2. The van der Waals surface area contributed by atoms with Crippen LogP contribution in [-0.4, -0.2) is 39.7 Å². The Kier molecular flexibility index (Phi) is 5.15. The quantitative estimate of drug-likeness (QED) is 0.693. The number of carbonyl (C=O) groups is 2. The van der Waals surface area contributed by atoms with Crippen LogP contribution in [0.4, 0.5) is 11.4 Å². The van der Waals surface area contributed by atoms with E-state index in [0.29, 0.717) is 11.2 Å². The summed E-state index contributed by atoms with van der Waals surface area (Å²) >= 11 is 0. The SMILES string of the molecule is Cc1cc(C(=O)Nc2ccccc2N2CCC(C(N)=O)CC2)c2c(C)nn(C)c2n1. The average Bonchev–Trinajstić information content (AvgIpc) is 3.01. The maximum absolute atomic E-state index is 13.3. The number of nitrogens with zero attached hydrogens (tertiary/aromatic N) is 4. The molecule has 0 radical (unpaired) electrons. The molecule has 8 heteroatoms. The van der Waals surface area contributed by atoms with Crippen molar-refractivity contribution in [2.45, 2.75) is 26.7 Å². The van der Waals surface area contributed by atoms with Gasteiger partial charge in [-0.05, 0) is 44.9 Å². The molecule has 8 nitrogen and oxygen atoms in total. The predicted octanol–water partition coefficient (Wildman–Crippen LogP) is 2.54. The van der Waals surface area contributed by atoms with E-state index in [1.54, 1.807) is 10.7 Å². The number of aromatic nitrogens is 3. The number of hydrogen-bond acceptors (Lipinski definition) is 5. The first-order valence-corrected chi connectivity index (χ1v) is 10.1. The molecule has 3 N–H and O–H groups in total. The van der Waals surface area contributed by atoms with Crippen LogP contribution in [0.1, 0.15) is 34.6 Å². The Morgan fingerprint density at radius 1 is 1.17 bits per heavy atom. The van der Waals surface area contributed by atoms with Crippen LogP contribution in [0.5, 0.6) is 0 Å². The highest BCUT2D eigenvalue weighted by molar-refractivity contribution is 6.13. The van der Waals surface area contributed by atoms with Crippen molar-refractivity contribution >= 4 is 34.2 Å². The molecule has 3 heterocycles. The zero-order valence-corrected chi connectivity index (χ0v) is 17.5. The fourth-order valence-corrected chi connectivity index (χ4v) is 4.20. The third kappa shape index (κ3) is 3.60. The van der Waals surface area contributed by atoms with E-state index in [2.05, 4.69) is 20.3 Å². The van der Waals surface area contributed by atoms with Gasteiger partial charge in [0.25, 0.3) is 5.91 Å². The number of carbonyl (C=O) groups excluding carboxylic acids is 2. The van der Waals surface area contributed by atoms with Crippen LogP contribution in [0, 0.1) is 19.8 Å². The van der Waals surface area contributed by atoms with Crippen molar-refractivity contribution in [2.24, 2.45) is 18.7 Å². The summed E-state index contributed by atoms with van der Waals surface area (Å²) in [6, 6.07) is 9.54. The summed E-state index contributed by atoms with van der Waals surface area (Å²) in [4.78, 5) is 31.5. The molecular formula is C22H26N6O2. The number of primary amides is 1. The molecule has 1 aliphatic heterocycles. The van der Waals surface area contributed by atoms with E-state index in [1.807, 2.05) is 45.2 Å². The van der Waals surface area contributed by atoms with Crippen molar-refractivity contribution in [3.05, 3.63) is 47.3 Å². The van der Waals surface area contributed by atoms with E-state index >= 15 is 0 Å². The van der Waals surface area contributed by atoms with Crippen LogP contribution in [0.25, 0.3) is 11.0 Å². The Labute approximate surface area is 175 Å². The van der Waals surface area contributed by atoms with Crippen molar-refractivity contribution in [1.82, 2.24) is 14.8 Å². The van der Waals surface area contributed by atoms with E-state index in [4.69, 9.17) is 5.73 Å². The second-order valence-corrected chi connectivity index (χ2v) is 7.85. The van der Waals surface area contributed by atoms with E-state index < -0.39 is 0 Å². The number of fused-ring (bicyclic) bond motifs is 1. The Hall–Kier alpha value is -3.42. The first kappa shape index (κ1) is 19.9. The summed E-state index contributed by atoms with van der Waals surface area (Å²) in [5.74, 6) is -0.508. The van der Waals surface area contributed by atoms with Gasteiger partial charge in [-0.3, -0.25) is 14.3 Å². The fraction of sp³-hybridized carbons (Fsp3) is 0.364. The number of rotatable bonds is 4. The molecule has 0 saturated carbocycles. The summed E-state index contributed by atoms with van der Waals surface area (Å²) < 4.78 is 1.70. The molecule has 0 atom stereocenters. The summed E-state index contributed by atoms with van der Waals surface area (Å²) in [5.41, 5.74) is 9.93. The van der Waals surface area contributed by atoms with Crippen molar-refractivity contribution < 1.29 is 9.59 Å². The minimum absolute atomic E-state index is 0.0790. The summed E-state index contributed by atoms with van der Waals surface area (Å²) in [5, 5.41) is 8.26. The number of amides is 2. The molecule has 3 aromatic rings. The van der Waals surface area contributed by atoms with Crippen LogP contribution in [-0.2, 0) is 11.8 Å². The lowest BCUT2D eigenvalue weighted by Crippen LogP contribution is -2.38. The van der Waals surface area contributed by atoms with E-state index in [1.165, 1.54) is 0 Å². The smallest absolute Gasteiger partial charge is 0.256 e. The monoisotopic (exact) mass is 406 g/mol. The lowest BCUT2D eigenvalue weighted by atomic mass is 9.96. The van der Waals surface area contributed by atoms with Gasteiger partial charge in [-0.2, -0.15) is 5.10 Å². The van der Waals surface area contributed by atoms with E-state index in [-0.39, 0.29) is 17.7 Å². The third-order valence-corrected chi connectivity index (χ3v) is 5.73. The molecule has 1 fully saturated rings. The number of nitrogens with two attached hydrogens (primary N) is 1. The first-order valence-electron chi connectivity index (χ1n) is 10.1. The van der Waals surface area contributed by atoms with Gasteiger partial charge in [-0.25, -0.2) is 4.98 Å². The van der Waals surface area contributed by atoms with Crippen LogP contribution in [0.15, 0.2) is 30.3 Å². The number of anilines is 2. The molecule has 0 unspecified atom stereocenters. The van der Waals surface area contributed by atoms with Gasteiger partial charge >= 0.3 is 0 Å². The van der Waals surface area contributed by atoms with E-state index in [0.717, 1.165) is 54.1 Å². The standard InChI is InChI=1S/C22H26N6O2/c1-13-12-16(19-14(2)26-27(3)21(19)24-13)22(30)25-17-6-4-5-7-18(17)28-10-8-15(9-11-28)20(23)29/h4-7,12,15H,8-11H2,1-3H3,(H2,23,29)(H,25,30). The Morgan fingerprint density at radius 2 is 1.87 bits per heavy atom. The fourth-order valence-electron chi connectivity index (χ4n) is 4.20. The van der Waals surface area contributed by atoms with Gasteiger partial charge in [-0.15, -0.1) is 0 Å². The zero-order chi connectivity index (χ0) is 21.4. The highest BCUT2D eigenvalue weighted by Crippen LogP contribution is 2.31.